The quantitative estimate of drug-likeness (QED) is 0.730. The predicted octanol–water partition coefficient (Wildman–Crippen LogP) is 2.51. The largest absolute Gasteiger partial charge is 0.377 e. The van der Waals surface area contributed by atoms with Gasteiger partial charge in [0.25, 0.3) is 5.91 Å². The van der Waals surface area contributed by atoms with Gasteiger partial charge in [-0.2, -0.15) is 0 Å². The average Bonchev–Trinajstić information content (AvgIpc) is 2.93. The van der Waals surface area contributed by atoms with Gasteiger partial charge in [0.2, 0.25) is 0 Å². The number of likely N-dealkylation sites (tertiary alicyclic amines) is 1. The lowest BCUT2D eigenvalue weighted by atomic mass is 10.1. The fraction of sp³-hybridized carbons (Fsp3) is 0.769. The highest BCUT2D eigenvalue weighted by molar-refractivity contribution is 9.09. The molecule has 20 heavy (non-hydrogen) atoms. The molecule has 1 aliphatic heterocycles. The Labute approximate surface area is 132 Å². The van der Waals surface area contributed by atoms with Gasteiger partial charge in [-0.3, -0.25) is 4.79 Å². The van der Waals surface area contributed by atoms with Crippen molar-refractivity contribution >= 4 is 33.4 Å². The molecule has 0 aromatic carbocycles. The van der Waals surface area contributed by atoms with E-state index in [0.717, 1.165) is 56.4 Å². The Bertz CT molecular complexity index is 433. The first kappa shape index (κ1) is 15.9. The van der Waals surface area contributed by atoms with Crippen molar-refractivity contribution < 1.29 is 9.53 Å². The molecule has 5 nitrogen and oxygen atoms in total. The Kier molecular flexibility index (Phi) is 6.38. The number of nitrogens with zero attached hydrogens (tertiary/aromatic N) is 3. The van der Waals surface area contributed by atoms with Crippen molar-refractivity contribution in [3.63, 3.8) is 0 Å². The summed E-state index contributed by atoms with van der Waals surface area (Å²) in [4.78, 5) is 15.1. The number of amides is 1. The summed E-state index contributed by atoms with van der Waals surface area (Å²) in [7, 11) is 0. The summed E-state index contributed by atoms with van der Waals surface area (Å²) in [5.41, 5.74) is 0.847. The molecule has 0 N–H and O–H groups in total. The molecule has 112 valence electrons. The first-order chi connectivity index (χ1) is 9.76. The number of ether oxygens (including phenoxy) is 1. The molecule has 0 atom stereocenters. The van der Waals surface area contributed by atoms with Crippen LogP contribution >= 0.6 is 27.5 Å². The molecule has 0 unspecified atom stereocenters. The maximum atomic E-state index is 12.5. The average molecular weight is 362 g/mol. The molecule has 0 spiro atoms. The van der Waals surface area contributed by atoms with Crippen LogP contribution in [0, 0.1) is 0 Å². The lowest BCUT2D eigenvalue weighted by molar-refractivity contribution is 0.0161. The Morgan fingerprint density at radius 1 is 1.50 bits per heavy atom. The van der Waals surface area contributed by atoms with E-state index in [9.17, 15) is 4.79 Å². The smallest absolute Gasteiger partial charge is 0.267 e. The molecule has 1 amide bonds. The Morgan fingerprint density at radius 2 is 2.25 bits per heavy atom. The van der Waals surface area contributed by atoms with Gasteiger partial charge in [0.1, 0.15) is 4.88 Å². The molecule has 2 rings (SSSR count). The minimum absolute atomic E-state index is 0.0855. The number of aryl methyl sites for hydroxylation is 1. The van der Waals surface area contributed by atoms with Crippen LogP contribution in [0.5, 0.6) is 0 Å². The van der Waals surface area contributed by atoms with Gasteiger partial charge in [0.05, 0.1) is 18.4 Å². The van der Waals surface area contributed by atoms with E-state index in [0.29, 0.717) is 4.88 Å². The highest BCUT2D eigenvalue weighted by atomic mass is 79.9. The number of piperidine rings is 1. The first-order valence-corrected chi connectivity index (χ1v) is 8.93. The third-order valence-corrected chi connectivity index (χ3v) is 4.48. The maximum Gasteiger partial charge on any atom is 0.267 e. The Balaban J connectivity index is 1.89. The summed E-state index contributed by atoms with van der Waals surface area (Å²) in [6.07, 6.45) is 3.91. The van der Waals surface area contributed by atoms with Crippen LogP contribution in [-0.4, -0.2) is 51.5 Å². The number of carbonyl (C=O) groups excluding carboxylic acids is 1. The van der Waals surface area contributed by atoms with Gasteiger partial charge in [0, 0.05) is 18.4 Å². The molecular weight excluding hydrogens is 342 g/mol. The summed E-state index contributed by atoms with van der Waals surface area (Å²) in [6, 6.07) is 0. The second-order valence-corrected chi connectivity index (χ2v) is 6.40. The Hall–Kier alpha value is -0.530. The number of hydrogen-bond donors (Lipinski definition) is 0. The molecule has 0 bridgehead atoms. The second kappa shape index (κ2) is 8.05. The standard InChI is InChI=1S/C13H20BrN3O2S/c1-2-3-11-12(20-16-15-11)13(18)17-7-4-10(5-8-17)19-9-6-14/h10H,2-9H2,1H3. The van der Waals surface area contributed by atoms with Gasteiger partial charge in [-0.25, -0.2) is 0 Å². The Morgan fingerprint density at radius 3 is 2.90 bits per heavy atom. The van der Waals surface area contributed by atoms with E-state index in [2.05, 4.69) is 32.4 Å². The van der Waals surface area contributed by atoms with E-state index in [1.165, 1.54) is 11.5 Å². The topological polar surface area (TPSA) is 55.3 Å². The van der Waals surface area contributed by atoms with Crippen molar-refractivity contribution in [2.45, 2.75) is 38.7 Å². The third-order valence-electron chi connectivity index (χ3n) is 3.40. The van der Waals surface area contributed by atoms with Crippen molar-refractivity contribution in [3.05, 3.63) is 10.6 Å². The molecular formula is C13H20BrN3O2S. The van der Waals surface area contributed by atoms with Crippen LogP contribution < -0.4 is 0 Å². The van der Waals surface area contributed by atoms with E-state index >= 15 is 0 Å². The summed E-state index contributed by atoms with van der Waals surface area (Å²) < 4.78 is 9.63. The minimum atomic E-state index is 0.0855. The minimum Gasteiger partial charge on any atom is -0.377 e. The summed E-state index contributed by atoms with van der Waals surface area (Å²) in [5.74, 6) is 0.0855. The van der Waals surface area contributed by atoms with E-state index < -0.39 is 0 Å². The van der Waals surface area contributed by atoms with Crippen molar-refractivity contribution in [1.29, 1.82) is 0 Å². The number of halogens is 1. The van der Waals surface area contributed by atoms with E-state index in [4.69, 9.17) is 4.74 Å². The number of aromatic nitrogens is 2. The zero-order valence-corrected chi connectivity index (χ0v) is 14.1. The van der Waals surface area contributed by atoms with Gasteiger partial charge < -0.3 is 9.64 Å². The molecule has 0 aliphatic carbocycles. The van der Waals surface area contributed by atoms with Crippen LogP contribution in [0.2, 0.25) is 0 Å². The fourth-order valence-electron chi connectivity index (χ4n) is 2.35. The van der Waals surface area contributed by atoms with Crippen LogP contribution in [-0.2, 0) is 11.2 Å². The molecule has 0 saturated carbocycles. The zero-order chi connectivity index (χ0) is 14.4. The van der Waals surface area contributed by atoms with E-state index in [1.54, 1.807) is 0 Å². The molecule has 1 aromatic heterocycles. The van der Waals surface area contributed by atoms with Crippen LogP contribution in [0.1, 0.15) is 41.6 Å². The van der Waals surface area contributed by atoms with Crippen molar-refractivity contribution in [2.75, 3.05) is 25.0 Å². The summed E-state index contributed by atoms with van der Waals surface area (Å²) in [5, 5.41) is 4.93. The van der Waals surface area contributed by atoms with E-state index in [-0.39, 0.29) is 12.0 Å². The number of carbonyl (C=O) groups is 1. The third kappa shape index (κ3) is 3.99. The molecule has 1 aromatic rings. The molecule has 0 radical (unpaired) electrons. The lowest BCUT2D eigenvalue weighted by Gasteiger charge is -2.31. The summed E-state index contributed by atoms with van der Waals surface area (Å²) >= 11 is 4.57. The maximum absolute atomic E-state index is 12.5. The normalized spacial score (nSPS) is 16.6. The van der Waals surface area contributed by atoms with Gasteiger partial charge >= 0.3 is 0 Å². The van der Waals surface area contributed by atoms with Gasteiger partial charge in [-0.05, 0) is 30.8 Å². The zero-order valence-electron chi connectivity index (χ0n) is 11.7. The van der Waals surface area contributed by atoms with Crippen molar-refractivity contribution in [1.82, 2.24) is 14.5 Å². The molecule has 1 saturated heterocycles. The lowest BCUT2D eigenvalue weighted by Crippen LogP contribution is -2.41. The van der Waals surface area contributed by atoms with Crippen LogP contribution in [0.4, 0.5) is 0 Å². The van der Waals surface area contributed by atoms with Gasteiger partial charge in [-0.15, -0.1) is 5.10 Å². The fourth-order valence-corrected chi connectivity index (χ4v) is 3.22. The first-order valence-electron chi connectivity index (χ1n) is 7.04. The number of rotatable bonds is 6. The summed E-state index contributed by atoms with van der Waals surface area (Å²) in [6.45, 7) is 4.34. The molecule has 2 heterocycles. The van der Waals surface area contributed by atoms with Crippen LogP contribution in [0.3, 0.4) is 0 Å². The highest BCUT2D eigenvalue weighted by Crippen LogP contribution is 2.20. The van der Waals surface area contributed by atoms with E-state index in [1.807, 2.05) is 4.90 Å². The highest BCUT2D eigenvalue weighted by Gasteiger charge is 2.26. The second-order valence-electron chi connectivity index (χ2n) is 4.85. The van der Waals surface area contributed by atoms with Crippen LogP contribution in [0.15, 0.2) is 0 Å². The molecule has 7 heteroatoms. The SMILES string of the molecule is CCCc1nnsc1C(=O)N1CCC(OCCBr)CC1. The molecule has 1 aliphatic rings. The van der Waals surface area contributed by atoms with Crippen LogP contribution in [0.25, 0.3) is 0 Å². The van der Waals surface area contributed by atoms with Crippen molar-refractivity contribution in [3.8, 4) is 0 Å². The van der Waals surface area contributed by atoms with Gasteiger partial charge in [-0.1, -0.05) is 33.8 Å². The molecule has 1 fully saturated rings. The number of alkyl halides is 1. The monoisotopic (exact) mass is 361 g/mol. The van der Waals surface area contributed by atoms with Crippen molar-refractivity contribution in [2.24, 2.45) is 0 Å². The van der Waals surface area contributed by atoms with Gasteiger partial charge in [0.15, 0.2) is 0 Å². The number of hydrogen-bond acceptors (Lipinski definition) is 5. The predicted molar refractivity (Wildman–Crippen MR) is 82.6 cm³/mol.